The van der Waals surface area contributed by atoms with Gasteiger partial charge < -0.3 is 15.0 Å². The molecule has 2 amide bonds. The number of carbonyl (C=O) groups is 2. The van der Waals surface area contributed by atoms with Crippen molar-refractivity contribution >= 4 is 17.5 Å². The van der Waals surface area contributed by atoms with Crippen LogP contribution < -0.4 is 10.1 Å². The number of amides is 2. The Morgan fingerprint density at radius 2 is 1.69 bits per heavy atom. The Labute approximate surface area is 171 Å². The number of carbonyl (C=O) groups excluding carboxylic acids is 2. The van der Waals surface area contributed by atoms with E-state index in [4.69, 9.17) is 10.00 Å². The molecule has 6 heteroatoms. The summed E-state index contributed by atoms with van der Waals surface area (Å²) in [6.07, 6.45) is 3.21. The Morgan fingerprint density at radius 1 is 1.07 bits per heavy atom. The van der Waals surface area contributed by atoms with Gasteiger partial charge in [-0.2, -0.15) is 5.26 Å². The van der Waals surface area contributed by atoms with Crippen LogP contribution >= 0.6 is 0 Å². The molecule has 1 aliphatic heterocycles. The summed E-state index contributed by atoms with van der Waals surface area (Å²) in [6, 6.07) is 15.9. The van der Waals surface area contributed by atoms with Crippen molar-refractivity contribution in [2.45, 2.75) is 45.2 Å². The lowest BCUT2D eigenvalue weighted by Gasteiger charge is -2.38. The SMILES string of the molecule is CC1CCCC(C)N1C(=O)COc1ccc(C(=O)Nc2ccc(C#N)cc2)cc1. The van der Waals surface area contributed by atoms with E-state index in [2.05, 4.69) is 19.2 Å². The predicted octanol–water partition coefficient (Wildman–Crippen LogP) is 3.98. The van der Waals surface area contributed by atoms with Crippen LogP contribution in [0.2, 0.25) is 0 Å². The first kappa shape index (κ1) is 20.4. The third kappa shape index (κ3) is 5.14. The summed E-state index contributed by atoms with van der Waals surface area (Å²) in [4.78, 5) is 26.8. The fourth-order valence-corrected chi connectivity index (χ4v) is 3.67. The predicted molar refractivity (Wildman–Crippen MR) is 111 cm³/mol. The lowest BCUT2D eigenvalue weighted by Crippen LogP contribution is -2.49. The van der Waals surface area contributed by atoms with E-state index in [1.54, 1.807) is 48.5 Å². The third-order valence-corrected chi connectivity index (χ3v) is 5.23. The number of anilines is 1. The van der Waals surface area contributed by atoms with E-state index in [-0.39, 0.29) is 30.5 Å². The van der Waals surface area contributed by atoms with Gasteiger partial charge in [-0.05, 0) is 81.6 Å². The zero-order valence-corrected chi connectivity index (χ0v) is 16.7. The maximum atomic E-state index is 12.5. The van der Waals surface area contributed by atoms with Gasteiger partial charge in [-0.3, -0.25) is 9.59 Å². The number of benzene rings is 2. The quantitative estimate of drug-likeness (QED) is 0.836. The smallest absolute Gasteiger partial charge is 0.260 e. The molecule has 0 aliphatic carbocycles. The maximum Gasteiger partial charge on any atom is 0.260 e. The highest BCUT2D eigenvalue weighted by atomic mass is 16.5. The highest BCUT2D eigenvalue weighted by Crippen LogP contribution is 2.23. The molecule has 2 unspecified atom stereocenters. The normalized spacial score (nSPS) is 18.6. The van der Waals surface area contributed by atoms with Crippen molar-refractivity contribution in [3.8, 4) is 11.8 Å². The first-order chi connectivity index (χ1) is 14.0. The fourth-order valence-electron chi connectivity index (χ4n) is 3.67. The molecule has 150 valence electrons. The Bertz CT molecular complexity index is 890. The van der Waals surface area contributed by atoms with E-state index in [9.17, 15) is 9.59 Å². The van der Waals surface area contributed by atoms with Crippen molar-refractivity contribution in [2.75, 3.05) is 11.9 Å². The number of nitriles is 1. The lowest BCUT2D eigenvalue weighted by atomic mass is 9.97. The second-order valence-corrected chi connectivity index (χ2v) is 7.39. The molecule has 1 heterocycles. The first-order valence-electron chi connectivity index (χ1n) is 9.83. The van der Waals surface area contributed by atoms with Gasteiger partial charge >= 0.3 is 0 Å². The Balaban J connectivity index is 1.54. The van der Waals surface area contributed by atoms with Crippen LogP contribution in [-0.4, -0.2) is 35.4 Å². The topological polar surface area (TPSA) is 82.4 Å². The average molecular weight is 391 g/mol. The van der Waals surface area contributed by atoms with E-state index in [0.29, 0.717) is 22.6 Å². The van der Waals surface area contributed by atoms with Crippen LogP contribution in [0.1, 0.15) is 49.0 Å². The minimum Gasteiger partial charge on any atom is -0.484 e. The molecule has 1 saturated heterocycles. The molecule has 0 bridgehead atoms. The molecule has 0 aromatic heterocycles. The molecule has 2 atom stereocenters. The number of piperidine rings is 1. The summed E-state index contributed by atoms with van der Waals surface area (Å²) in [5.74, 6) is 0.284. The molecule has 2 aromatic rings. The molecular weight excluding hydrogens is 366 g/mol. The standard InChI is InChI=1S/C23H25N3O3/c1-16-4-3-5-17(2)26(16)22(27)15-29-21-12-8-19(9-13-21)23(28)25-20-10-6-18(14-24)7-11-20/h6-13,16-17H,3-5,15H2,1-2H3,(H,25,28). The van der Waals surface area contributed by atoms with E-state index in [0.717, 1.165) is 19.3 Å². The van der Waals surface area contributed by atoms with Gasteiger partial charge in [-0.25, -0.2) is 0 Å². The van der Waals surface area contributed by atoms with Crippen molar-refractivity contribution in [3.05, 3.63) is 59.7 Å². The molecule has 1 fully saturated rings. The molecule has 0 spiro atoms. The Hall–Kier alpha value is -3.33. The van der Waals surface area contributed by atoms with Gasteiger partial charge in [0.15, 0.2) is 6.61 Å². The molecule has 3 rings (SSSR count). The van der Waals surface area contributed by atoms with Crippen LogP contribution in [0.15, 0.2) is 48.5 Å². The van der Waals surface area contributed by atoms with Crippen LogP contribution in [0, 0.1) is 11.3 Å². The van der Waals surface area contributed by atoms with Gasteiger partial charge in [0.25, 0.3) is 11.8 Å². The van der Waals surface area contributed by atoms with Crippen molar-refractivity contribution < 1.29 is 14.3 Å². The maximum absolute atomic E-state index is 12.5. The molecule has 1 N–H and O–H groups in total. The zero-order chi connectivity index (χ0) is 20.8. The molecule has 2 aromatic carbocycles. The minimum atomic E-state index is -0.256. The summed E-state index contributed by atoms with van der Waals surface area (Å²) in [5, 5.41) is 11.6. The van der Waals surface area contributed by atoms with Crippen LogP contribution in [0.25, 0.3) is 0 Å². The van der Waals surface area contributed by atoms with Gasteiger partial charge in [0.1, 0.15) is 5.75 Å². The van der Waals surface area contributed by atoms with Gasteiger partial charge in [-0.15, -0.1) is 0 Å². The van der Waals surface area contributed by atoms with Crippen LogP contribution in [0.3, 0.4) is 0 Å². The lowest BCUT2D eigenvalue weighted by molar-refractivity contribution is -0.139. The van der Waals surface area contributed by atoms with E-state index in [1.807, 2.05) is 11.0 Å². The van der Waals surface area contributed by atoms with Crippen LogP contribution in [-0.2, 0) is 4.79 Å². The molecule has 0 saturated carbocycles. The van der Waals surface area contributed by atoms with Crippen molar-refractivity contribution in [2.24, 2.45) is 0 Å². The second-order valence-electron chi connectivity index (χ2n) is 7.39. The van der Waals surface area contributed by atoms with Crippen LogP contribution in [0.5, 0.6) is 5.75 Å². The monoisotopic (exact) mass is 391 g/mol. The molecule has 29 heavy (non-hydrogen) atoms. The summed E-state index contributed by atoms with van der Waals surface area (Å²) in [7, 11) is 0. The highest BCUT2D eigenvalue weighted by Gasteiger charge is 2.28. The molecule has 6 nitrogen and oxygen atoms in total. The van der Waals surface area contributed by atoms with Gasteiger partial charge in [0.2, 0.25) is 0 Å². The van der Waals surface area contributed by atoms with Gasteiger partial charge in [0, 0.05) is 23.3 Å². The largest absolute Gasteiger partial charge is 0.484 e. The van der Waals surface area contributed by atoms with E-state index in [1.165, 1.54) is 0 Å². The molecule has 0 radical (unpaired) electrons. The molecule has 1 aliphatic rings. The molecular formula is C23H25N3O3. The first-order valence-corrected chi connectivity index (χ1v) is 9.83. The van der Waals surface area contributed by atoms with Gasteiger partial charge in [-0.1, -0.05) is 0 Å². The summed E-state index contributed by atoms with van der Waals surface area (Å²) >= 11 is 0. The Morgan fingerprint density at radius 3 is 2.28 bits per heavy atom. The van der Waals surface area contributed by atoms with Crippen LogP contribution in [0.4, 0.5) is 5.69 Å². The number of likely N-dealkylation sites (tertiary alicyclic amines) is 1. The van der Waals surface area contributed by atoms with Crippen molar-refractivity contribution in [1.29, 1.82) is 5.26 Å². The summed E-state index contributed by atoms with van der Waals surface area (Å²) in [6.45, 7) is 4.15. The fraction of sp³-hybridized carbons (Fsp3) is 0.348. The van der Waals surface area contributed by atoms with E-state index < -0.39 is 0 Å². The van der Waals surface area contributed by atoms with Gasteiger partial charge in [0.05, 0.1) is 11.6 Å². The highest BCUT2D eigenvalue weighted by molar-refractivity contribution is 6.04. The summed E-state index contributed by atoms with van der Waals surface area (Å²) < 4.78 is 5.64. The Kier molecular flexibility index (Phi) is 6.50. The number of hydrogen-bond donors (Lipinski definition) is 1. The summed E-state index contributed by atoms with van der Waals surface area (Å²) in [5.41, 5.74) is 1.63. The minimum absolute atomic E-state index is 0.00710. The van der Waals surface area contributed by atoms with Crippen molar-refractivity contribution in [1.82, 2.24) is 4.90 Å². The van der Waals surface area contributed by atoms with Crippen molar-refractivity contribution in [3.63, 3.8) is 0 Å². The second kappa shape index (κ2) is 9.24. The number of rotatable bonds is 5. The zero-order valence-electron chi connectivity index (χ0n) is 16.7. The number of hydrogen-bond acceptors (Lipinski definition) is 4. The third-order valence-electron chi connectivity index (χ3n) is 5.23. The number of nitrogens with one attached hydrogen (secondary N) is 1. The number of ether oxygens (including phenoxy) is 1. The average Bonchev–Trinajstić information content (AvgIpc) is 2.73. The van der Waals surface area contributed by atoms with E-state index >= 15 is 0 Å². The number of nitrogens with zero attached hydrogens (tertiary/aromatic N) is 2.